The standard InChI is InChI=1S/C19H26N4O/c1-14-19(15(2)23(22-14)17-6-4-3-5-7-17)21-18(24)9-8-16-10-12-20-13-11-16/h3-7,16,20H,8-13H2,1-2H3,(H,21,24). The fourth-order valence-corrected chi connectivity index (χ4v) is 3.35. The molecule has 1 aliphatic heterocycles. The number of piperidine rings is 1. The number of amides is 1. The molecule has 0 spiro atoms. The van der Waals surface area contributed by atoms with E-state index in [2.05, 4.69) is 15.7 Å². The maximum Gasteiger partial charge on any atom is 0.224 e. The Morgan fingerprint density at radius 3 is 2.67 bits per heavy atom. The highest BCUT2D eigenvalue weighted by Gasteiger charge is 2.17. The lowest BCUT2D eigenvalue weighted by molar-refractivity contribution is -0.116. The highest BCUT2D eigenvalue weighted by Crippen LogP contribution is 2.24. The van der Waals surface area contributed by atoms with Crippen molar-refractivity contribution in [2.45, 2.75) is 39.5 Å². The highest BCUT2D eigenvalue weighted by atomic mass is 16.1. The van der Waals surface area contributed by atoms with Gasteiger partial charge in [-0.25, -0.2) is 4.68 Å². The van der Waals surface area contributed by atoms with E-state index < -0.39 is 0 Å². The zero-order chi connectivity index (χ0) is 16.9. The molecule has 2 heterocycles. The molecule has 5 heteroatoms. The van der Waals surface area contributed by atoms with E-state index in [9.17, 15) is 4.79 Å². The molecule has 0 bridgehead atoms. The molecule has 2 N–H and O–H groups in total. The first-order chi connectivity index (χ1) is 11.6. The topological polar surface area (TPSA) is 59.0 Å². The van der Waals surface area contributed by atoms with Crippen molar-refractivity contribution in [3.05, 3.63) is 41.7 Å². The van der Waals surface area contributed by atoms with Crippen molar-refractivity contribution in [1.29, 1.82) is 0 Å². The maximum absolute atomic E-state index is 12.3. The summed E-state index contributed by atoms with van der Waals surface area (Å²) < 4.78 is 1.89. The Bertz CT molecular complexity index is 687. The fraction of sp³-hybridized carbons (Fsp3) is 0.474. The number of benzene rings is 1. The molecule has 24 heavy (non-hydrogen) atoms. The monoisotopic (exact) mass is 326 g/mol. The Morgan fingerprint density at radius 2 is 1.96 bits per heavy atom. The number of carbonyl (C=O) groups excluding carboxylic acids is 1. The minimum absolute atomic E-state index is 0.0901. The van der Waals surface area contributed by atoms with E-state index >= 15 is 0 Å². The van der Waals surface area contributed by atoms with Gasteiger partial charge < -0.3 is 10.6 Å². The van der Waals surface area contributed by atoms with E-state index in [1.165, 1.54) is 12.8 Å². The Balaban J connectivity index is 1.64. The van der Waals surface area contributed by atoms with E-state index in [1.807, 2.05) is 48.9 Å². The molecule has 1 aliphatic rings. The molecule has 5 nitrogen and oxygen atoms in total. The molecular formula is C19H26N4O. The van der Waals surface area contributed by atoms with Crippen LogP contribution in [0.25, 0.3) is 5.69 Å². The summed E-state index contributed by atoms with van der Waals surface area (Å²) in [7, 11) is 0. The summed E-state index contributed by atoms with van der Waals surface area (Å²) in [6.07, 6.45) is 3.91. The van der Waals surface area contributed by atoms with Crippen molar-refractivity contribution in [3.8, 4) is 5.69 Å². The highest BCUT2D eigenvalue weighted by molar-refractivity contribution is 5.92. The number of hydrogen-bond acceptors (Lipinski definition) is 3. The SMILES string of the molecule is Cc1nn(-c2ccccc2)c(C)c1NC(=O)CCC1CCNCC1. The molecule has 128 valence electrons. The Hall–Kier alpha value is -2.14. The first-order valence-corrected chi connectivity index (χ1v) is 8.77. The molecule has 0 saturated carbocycles. The maximum atomic E-state index is 12.3. The molecule has 1 saturated heterocycles. The van der Waals surface area contributed by atoms with Crippen molar-refractivity contribution in [2.75, 3.05) is 18.4 Å². The number of para-hydroxylation sites is 1. The first-order valence-electron chi connectivity index (χ1n) is 8.77. The second kappa shape index (κ2) is 7.62. The summed E-state index contributed by atoms with van der Waals surface area (Å²) in [5.41, 5.74) is 3.67. The van der Waals surface area contributed by atoms with Gasteiger partial charge in [0.05, 0.1) is 22.8 Å². The molecule has 1 amide bonds. The molecule has 1 aromatic heterocycles. The quantitative estimate of drug-likeness (QED) is 0.887. The van der Waals surface area contributed by atoms with Crippen LogP contribution in [0.3, 0.4) is 0 Å². The summed E-state index contributed by atoms with van der Waals surface area (Å²) in [5.74, 6) is 0.763. The van der Waals surface area contributed by atoms with Crippen LogP contribution in [0, 0.1) is 19.8 Å². The van der Waals surface area contributed by atoms with Crippen LogP contribution >= 0.6 is 0 Å². The molecular weight excluding hydrogens is 300 g/mol. The Kier molecular flexibility index (Phi) is 5.30. The number of aromatic nitrogens is 2. The van der Waals surface area contributed by atoms with Gasteiger partial charge in [0, 0.05) is 6.42 Å². The third-order valence-corrected chi connectivity index (χ3v) is 4.79. The van der Waals surface area contributed by atoms with Crippen LogP contribution in [0.1, 0.15) is 37.1 Å². The second-order valence-corrected chi connectivity index (χ2v) is 6.57. The van der Waals surface area contributed by atoms with Crippen molar-refractivity contribution < 1.29 is 4.79 Å². The second-order valence-electron chi connectivity index (χ2n) is 6.57. The van der Waals surface area contributed by atoms with E-state index in [4.69, 9.17) is 0 Å². The summed E-state index contributed by atoms with van der Waals surface area (Å²) in [6, 6.07) is 10.00. The minimum Gasteiger partial charge on any atom is -0.323 e. The zero-order valence-electron chi connectivity index (χ0n) is 14.5. The lowest BCUT2D eigenvalue weighted by atomic mass is 9.93. The number of carbonyl (C=O) groups is 1. The normalized spacial score (nSPS) is 15.4. The lowest BCUT2D eigenvalue weighted by Crippen LogP contribution is -2.28. The predicted octanol–water partition coefficient (Wildman–Crippen LogP) is 3.21. The number of anilines is 1. The van der Waals surface area contributed by atoms with Gasteiger partial charge in [0.1, 0.15) is 0 Å². The molecule has 0 unspecified atom stereocenters. The third-order valence-electron chi connectivity index (χ3n) is 4.79. The van der Waals surface area contributed by atoms with Gasteiger partial charge in [-0.3, -0.25) is 4.79 Å². The molecule has 2 aromatic rings. The van der Waals surface area contributed by atoms with Crippen molar-refractivity contribution in [2.24, 2.45) is 5.92 Å². The number of hydrogen-bond donors (Lipinski definition) is 2. The van der Waals surface area contributed by atoms with Crippen LogP contribution in [0.5, 0.6) is 0 Å². The van der Waals surface area contributed by atoms with Crippen molar-refractivity contribution in [1.82, 2.24) is 15.1 Å². The van der Waals surface area contributed by atoms with Gasteiger partial charge in [-0.1, -0.05) is 18.2 Å². The number of rotatable bonds is 5. The molecule has 0 atom stereocenters. The third kappa shape index (κ3) is 3.85. The van der Waals surface area contributed by atoms with Crippen LogP contribution in [-0.4, -0.2) is 28.8 Å². The Morgan fingerprint density at radius 1 is 1.25 bits per heavy atom. The number of nitrogens with zero attached hydrogens (tertiary/aromatic N) is 2. The van der Waals surface area contributed by atoms with Crippen molar-refractivity contribution >= 4 is 11.6 Å². The van der Waals surface area contributed by atoms with Gasteiger partial charge in [0.25, 0.3) is 0 Å². The van der Waals surface area contributed by atoms with Crippen LogP contribution in [0.2, 0.25) is 0 Å². The number of nitrogens with one attached hydrogen (secondary N) is 2. The molecule has 1 fully saturated rings. The van der Waals surface area contributed by atoms with Crippen LogP contribution < -0.4 is 10.6 Å². The van der Waals surface area contributed by atoms with Gasteiger partial charge in [-0.2, -0.15) is 5.10 Å². The largest absolute Gasteiger partial charge is 0.323 e. The predicted molar refractivity (Wildman–Crippen MR) is 96.5 cm³/mol. The fourth-order valence-electron chi connectivity index (χ4n) is 3.35. The molecule has 3 rings (SSSR count). The summed E-state index contributed by atoms with van der Waals surface area (Å²) in [6.45, 7) is 6.09. The summed E-state index contributed by atoms with van der Waals surface area (Å²) in [4.78, 5) is 12.3. The van der Waals surface area contributed by atoms with Crippen LogP contribution in [0.15, 0.2) is 30.3 Å². The molecule has 0 aliphatic carbocycles. The minimum atomic E-state index is 0.0901. The average molecular weight is 326 g/mol. The van der Waals surface area contributed by atoms with Gasteiger partial charge in [0.2, 0.25) is 5.91 Å². The summed E-state index contributed by atoms with van der Waals surface area (Å²) in [5, 5.41) is 11.0. The van der Waals surface area contributed by atoms with Gasteiger partial charge >= 0.3 is 0 Å². The van der Waals surface area contributed by atoms with E-state index in [0.717, 1.165) is 42.3 Å². The van der Waals surface area contributed by atoms with Crippen LogP contribution in [-0.2, 0) is 4.79 Å². The van der Waals surface area contributed by atoms with Crippen molar-refractivity contribution in [3.63, 3.8) is 0 Å². The first kappa shape index (κ1) is 16.7. The molecule has 0 radical (unpaired) electrons. The lowest BCUT2D eigenvalue weighted by Gasteiger charge is -2.22. The van der Waals surface area contributed by atoms with E-state index in [1.54, 1.807) is 0 Å². The van der Waals surface area contributed by atoms with Gasteiger partial charge in [-0.15, -0.1) is 0 Å². The number of aryl methyl sites for hydroxylation is 1. The van der Waals surface area contributed by atoms with E-state index in [-0.39, 0.29) is 5.91 Å². The molecule has 1 aromatic carbocycles. The van der Waals surface area contributed by atoms with E-state index in [0.29, 0.717) is 12.3 Å². The zero-order valence-corrected chi connectivity index (χ0v) is 14.5. The smallest absolute Gasteiger partial charge is 0.224 e. The Labute approximate surface area is 143 Å². The summed E-state index contributed by atoms with van der Waals surface area (Å²) >= 11 is 0. The van der Waals surface area contributed by atoms with Gasteiger partial charge in [-0.05, 0) is 64.3 Å². The van der Waals surface area contributed by atoms with Gasteiger partial charge in [0.15, 0.2) is 0 Å². The van der Waals surface area contributed by atoms with Crippen LogP contribution in [0.4, 0.5) is 5.69 Å². The average Bonchev–Trinajstić information content (AvgIpc) is 2.90.